The molecule has 1 saturated heterocycles. The molecular weight excluding hydrogens is 400 g/mol. The summed E-state index contributed by atoms with van der Waals surface area (Å²) in [5.41, 5.74) is 2.35. The highest BCUT2D eigenvalue weighted by Gasteiger charge is 2.24. The summed E-state index contributed by atoms with van der Waals surface area (Å²) >= 11 is 3.32. The van der Waals surface area contributed by atoms with Gasteiger partial charge in [0.1, 0.15) is 10.6 Å². The van der Waals surface area contributed by atoms with Gasteiger partial charge in [0.25, 0.3) is 0 Å². The van der Waals surface area contributed by atoms with E-state index in [1.54, 1.807) is 29.6 Å². The lowest BCUT2D eigenvalue weighted by Crippen LogP contribution is -2.48. The molecule has 0 atom stereocenters. The van der Waals surface area contributed by atoms with Gasteiger partial charge in [0.05, 0.1) is 10.3 Å². The standard InChI is InChI=1S/C22H20N4OS2/c1-15(27)25-9-11-26(12-10-25)21-19-17(16-6-3-2-4-7-16)14-29-22(19)24-20(23-21)18-8-5-13-28-18/h2-8,13-14H,9-12H2,1H3. The van der Waals surface area contributed by atoms with Crippen molar-refractivity contribution in [1.29, 1.82) is 0 Å². The quantitative estimate of drug-likeness (QED) is 0.480. The first-order chi connectivity index (χ1) is 14.2. The Hall–Kier alpha value is -2.77. The Morgan fingerprint density at radius 3 is 2.45 bits per heavy atom. The number of amides is 1. The van der Waals surface area contributed by atoms with E-state index in [0.717, 1.165) is 52.9 Å². The summed E-state index contributed by atoms with van der Waals surface area (Å²) in [4.78, 5) is 27.9. The zero-order valence-electron chi connectivity index (χ0n) is 16.0. The summed E-state index contributed by atoms with van der Waals surface area (Å²) in [5.74, 6) is 1.89. The van der Waals surface area contributed by atoms with E-state index >= 15 is 0 Å². The molecule has 0 saturated carbocycles. The highest BCUT2D eigenvalue weighted by molar-refractivity contribution is 7.17. The lowest BCUT2D eigenvalue weighted by Gasteiger charge is -2.35. The number of hydrogen-bond donors (Lipinski definition) is 0. The van der Waals surface area contributed by atoms with Gasteiger partial charge in [-0.25, -0.2) is 9.97 Å². The van der Waals surface area contributed by atoms with Crippen LogP contribution in [0.4, 0.5) is 5.82 Å². The average Bonchev–Trinajstić information content (AvgIpc) is 3.44. The van der Waals surface area contributed by atoms with Crippen LogP contribution in [-0.4, -0.2) is 47.0 Å². The van der Waals surface area contributed by atoms with Crippen LogP contribution in [0.25, 0.3) is 32.0 Å². The molecule has 5 rings (SSSR count). The van der Waals surface area contributed by atoms with E-state index in [1.165, 1.54) is 11.1 Å². The number of anilines is 1. The molecular formula is C22H20N4OS2. The Balaban J connectivity index is 1.65. The van der Waals surface area contributed by atoms with Gasteiger partial charge in [-0.3, -0.25) is 4.79 Å². The van der Waals surface area contributed by atoms with E-state index < -0.39 is 0 Å². The molecule has 0 bridgehead atoms. The maximum absolute atomic E-state index is 11.7. The van der Waals surface area contributed by atoms with E-state index in [0.29, 0.717) is 0 Å². The zero-order valence-corrected chi connectivity index (χ0v) is 17.7. The number of carbonyl (C=O) groups excluding carboxylic acids is 1. The Kier molecular flexibility index (Phi) is 4.77. The number of aromatic nitrogens is 2. The second-order valence-corrected chi connectivity index (χ2v) is 8.84. The predicted molar refractivity (Wildman–Crippen MR) is 121 cm³/mol. The van der Waals surface area contributed by atoms with E-state index in [4.69, 9.17) is 9.97 Å². The van der Waals surface area contributed by atoms with E-state index in [-0.39, 0.29) is 5.91 Å². The summed E-state index contributed by atoms with van der Waals surface area (Å²) in [5, 5.41) is 5.35. The molecule has 1 aromatic carbocycles. The Morgan fingerprint density at radius 2 is 1.76 bits per heavy atom. The molecule has 146 valence electrons. The molecule has 0 radical (unpaired) electrons. The molecule has 1 aliphatic heterocycles. The van der Waals surface area contributed by atoms with Gasteiger partial charge in [-0.05, 0) is 17.0 Å². The average molecular weight is 421 g/mol. The van der Waals surface area contributed by atoms with E-state index in [1.807, 2.05) is 17.0 Å². The first-order valence-electron chi connectivity index (χ1n) is 9.60. The Morgan fingerprint density at radius 1 is 0.966 bits per heavy atom. The third kappa shape index (κ3) is 3.41. The van der Waals surface area contributed by atoms with Gasteiger partial charge >= 0.3 is 0 Å². The summed E-state index contributed by atoms with van der Waals surface area (Å²) in [7, 11) is 0. The first kappa shape index (κ1) is 18.3. The molecule has 0 unspecified atom stereocenters. The Bertz CT molecular complexity index is 1150. The van der Waals surface area contributed by atoms with Crippen molar-refractivity contribution in [2.75, 3.05) is 31.1 Å². The fourth-order valence-corrected chi connectivity index (χ4v) is 5.33. The SMILES string of the molecule is CC(=O)N1CCN(c2nc(-c3cccs3)nc3scc(-c4ccccc4)c23)CC1. The predicted octanol–water partition coefficient (Wildman–Crippen LogP) is 4.76. The number of fused-ring (bicyclic) bond motifs is 1. The largest absolute Gasteiger partial charge is 0.352 e. The van der Waals surface area contributed by atoms with Crippen LogP contribution < -0.4 is 4.90 Å². The van der Waals surface area contributed by atoms with Crippen molar-refractivity contribution in [3.8, 4) is 21.8 Å². The maximum Gasteiger partial charge on any atom is 0.219 e. The van der Waals surface area contributed by atoms with Gasteiger partial charge in [-0.15, -0.1) is 22.7 Å². The molecule has 3 aromatic heterocycles. The topological polar surface area (TPSA) is 49.3 Å². The smallest absolute Gasteiger partial charge is 0.219 e. The van der Waals surface area contributed by atoms with Gasteiger partial charge < -0.3 is 9.80 Å². The molecule has 1 fully saturated rings. The van der Waals surface area contributed by atoms with Crippen molar-refractivity contribution in [2.45, 2.75) is 6.92 Å². The minimum absolute atomic E-state index is 0.136. The highest BCUT2D eigenvalue weighted by atomic mass is 32.1. The molecule has 1 aliphatic rings. The van der Waals surface area contributed by atoms with E-state index in [9.17, 15) is 4.79 Å². The molecule has 0 N–H and O–H groups in total. The highest BCUT2D eigenvalue weighted by Crippen LogP contribution is 2.40. The number of carbonyl (C=O) groups is 1. The number of benzene rings is 1. The van der Waals surface area contributed by atoms with Gasteiger partial charge in [0.15, 0.2) is 5.82 Å². The van der Waals surface area contributed by atoms with Crippen LogP contribution in [0.2, 0.25) is 0 Å². The van der Waals surface area contributed by atoms with Crippen LogP contribution in [0.3, 0.4) is 0 Å². The second-order valence-electron chi connectivity index (χ2n) is 7.04. The summed E-state index contributed by atoms with van der Waals surface area (Å²) < 4.78 is 0. The summed E-state index contributed by atoms with van der Waals surface area (Å²) in [6.07, 6.45) is 0. The molecule has 29 heavy (non-hydrogen) atoms. The van der Waals surface area contributed by atoms with Crippen molar-refractivity contribution in [1.82, 2.24) is 14.9 Å². The van der Waals surface area contributed by atoms with Crippen molar-refractivity contribution in [3.05, 3.63) is 53.2 Å². The van der Waals surface area contributed by atoms with Crippen molar-refractivity contribution in [2.24, 2.45) is 0 Å². The fraction of sp³-hybridized carbons (Fsp3) is 0.227. The number of rotatable bonds is 3. The third-order valence-corrected chi connectivity index (χ3v) is 7.00. The number of piperazine rings is 1. The zero-order chi connectivity index (χ0) is 19.8. The fourth-order valence-electron chi connectivity index (χ4n) is 3.73. The van der Waals surface area contributed by atoms with Crippen LogP contribution >= 0.6 is 22.7 Å². The van der Waals surface area contributed by atoms with Crippen molar-refractivity contribution >= 4 is 44.6 Å². The van der Waals surface area contributed by atoms with Gasteiger partial charge in [0.2, 0.25) is 5.91 Å². The minimum atomic E-state index is 0.136. The van der Waals surface area contributed by atoms with Crippen molar-refractivity contribution < 1.29 is 4.79 Å². The molecule has 1 amide bonds. The molecule has 4 aromatic rings. The first-order valence-corrected chi connectivity index (χ1v) is 11.4. The van der Waals surface area contributed by atoms with Gasteiger partial charge in [-0.1, -0.05) is 36.4 Å². The van der Waals surface area contributed by atoms with Crippen LogP contribution in [0.5, 0.6) is 0 Å². The van der Waals surface area contributed by atoms with Gasteiger partial charge in [-0.2, -0.15) is 0 Å². The lowest BCUT2D eigenvalue weighted by atomic mass is 10.1. The molecule has 0 aliphatic carbocycles. The lowest BCUT2D eigenvalue weighted by molar-refractivity contribution is -0.129. The molecule has 5 nitrogen and oxygen atoms in total. The van der Waals surface area contributed by atoms with Crippen LogP contribution in [0, 0.1) is 0 Å². The summed E-state index contributed by atoms with van der Waals surface area (Å²) in [6, 6.07) is 14.5. The molecule has 7 heteroatoms. The van der Waals surface area contributed by atoms with Crippen LogP contribution in [0.1, 0.15) is 6.92 Å². The molecule has 0 spiro atoms. The van der Waals surface area contributed by atoms with Gasteiger partial charge in [0, 0.05) is 44.0 Å². The van der Waals surface area contributed by atoms with E-state index in [2.05, 4.69) is 46.0 Å². The maximum atomic E-state index is 11.7. The summed E-state index contributed by atoms with van der Waals surface area (Å²) in [6.45, 7) is 4.64. The monoisotopic (exact) mass is 420 g/mol. The number of hydrogen-bond acceptors (Lipinski definition) is 6. The minimum Gasteiger partial charge on any atom is -0.352 e. The molecule has 4 heterocycles. The normalized spacial score (nSPS) is 14.5. The Labute approximate surface area is 177 Å². The number of nitrogens with zero attached hydrogens (tertiary/aromatic N) is 4. The van der Waals surface area contributed by atoms with Crippen LogP contribution in [0.15, 0.2) is 53.2 Å². The number of thiophene rings is 2. The second kappa shape index (κ2) is 7.57. The third-order valence-electron chi connectivity index (χ3n) is 5.27. The van der Waals surface area contributed by atoms with Crippen LogP contribution in [-0.2, 0) is 4.79 Å². The van der Waals surface area contributed by atoms with Crippen molar-refractivity contribution in [3.63, 3.8) is 0 Å².